The lowest BCUT2D eigenvalue weighted by molar-refractivity contribution is -0.131. The molecule has 35 heavy (non-hydrogen) atoms. The number of alkyl carbamates (subject to hydrolysis) is 1. The van der Waals surface area contributed by atoms with E-state index in [9.17, 15) is 19.2 Å². The van der Waals surface area contributed by atoms with Crippen LogP contribution in [0.1, 0.15) is 31.4 Å². The molecule has 3 N–H and O–H groups in total. The smallest absolute Gasteiger partial charge is 0.407 e. The third-order valence-electron chi connectivity index (χ3n) is 5.08. The molecule has 8 nitrogen and oxygen atoms in total. The van der Waals surface area contributed by atoms with E-state index in [1.807, 2.05) is 74.5 Å². The highest BCUT2D eigenvalue weighted by molar-refractivity contribution is 6.28. The van der Waals surface area contributed by atoms with Gasteiger partial charge in [0.2, 0.25) is 11.8 Å². The molecule has 0 aliphatic carbocycles. The van der Waals surface area contributed by atoms with Crippen molar-refractivity contribution in [3.63, 3.8) is 0 Å². The molecule has 0 heterocycles. The Morgan fingerprint density at radius 1 is 0.857 bits per heavy atom. The first-order valence-corrected chi connectivity index (χ1v) is 12.0. The maximum absolute atomic E-state index is 13.0. The first-order chi connectivity index (χ1) is 16.8. The predicted octanol–water partition coefficient (Wildman–Crippen LogP) is 2.98. The van der Waals surface area contributed by atoms with E-state index < -0.39 is 30.0 Å². The molecule has 2 aromatic carbocycles. The number of hydrogen-bond donors (Lipinski definition) is 3. The Hall–Kier alpha value is -3.39. The van der Waals surface area contributed by atoms with Crippen molar-refractivity contribution in [3.8, 4) is 0 Å². The van der Waals surface area contributed by atoms with E-state index in [0.29, 0.717) is 6.42 Å². The van der Waals surface area contributed by atoms with Gasteiger partial charge in [-0.3, -0.25) is 14.4 Å². The van der Waals surface area contributed by atoms with Crippen LogP contribution in [-0.2, 0) is 32.1 Å². The molecule has 0 unspecified atom stereocenters. The van der Waals surface area contributed by atoms with Crippen molar-refractivity contribution in [3.05, 3.63) is 71.8 Å². The number of halogens is 1. The lowest BCUT2D eigenvalue weighted by Gasteiger charge is -2.24. The highest BCUT2D eigenvalue weighted by Gasteiger charge is 2.27. The standard InChI is InChI=1S/C26H32ClN3O5/c1-18(2)13-22(25(33)30-21(23(31)15-27)14-19-9-5-3-6-10-19)29-24(32)16-28-26(34)35-17-20-11-7-4-8-12-20/h3-12,18,21-22H,13-17H2,1-2H3,(H,28,34)(H,29,32)(H,30,33)/t21-,22+/m1/s1. The third-order valence-corrected chi connectivity index (χ3v) is 5.35. The number of ketones is 1. The van der Waals surface area contributed by atoms with Gasteiger partial charge in [0.25, 0.3) is 0 Å². The van der Waals surface area contributed by atoms with Crippen molar-refractivity contribution >= 4 is 35.3 Å². The van der Waals surface area contributed by atoms with Gasteiger partial charge in [0, 0.05) is 0 Å². The molecule has 0 aliphatic heterocycles. The molecule has 0 radical (unpaired) electrons. The largest absolute Gasteiger partial charge is 0.445 e. The van der Waals surface area contributed by atoms with E-state index in [4.69, 9.17) is 16.3 Å². The van der Waals surface area contributed by atoms with Gasteiger partial charge in [-0.2, -0.15) is 0 Å². The van der Waals surface area contributed by atoms with Gasteiger partial charge < -0.3 is 20.7 Å². The first-order valence-electron chi connectivity index (χ1n) is 11.4. The highest BCUT2D eigenvalue weighted by Crippen LogP contribution is 2.09. The Morgan fingerprint density at radius 2 is 1.46 bits per heavy atom. The number of carbonyl (C=O) groups excluding carboxylic acids is 4. The van der Waals surface area contributed by atoms with Crippen LogP contribution in [0.2, 0.25) is 0 Å². The molecule has 188 valence electrons. The van der Waals surface area contributed by atoms with E-state index >= 15 is 0 Å². The van der Waals surface area contributed by atoms with Crippen molar-refractivity contribution < 1.29 is 23.9 Å². The molecule has 0 aliphatic rings. The molecule has 2 aromatic rings. The fourth-order valence-electron chi connectivity index (χ4n) is 3.34. The zero-order valence-electron chi connectivity index (χ0n) is 20.0. The maximum Gasteiger partial charge on any atom is 0.407 e. The Bertz CT molecular complexity index is 969. The fraction of sp³-hybridized carbons (Fsp3) is 0.385. The maximum atomic E-state index is 13.0. The monoisotopic (exact) mass is 501 g/mol. The number of amides is 3. The Balaban J connectivity index is 1.92. The molecule has 0 saturated heterocycles. The summed E-state index contributed by atoms with van der Waals surface area (Å²) >= 11 is 5.76. The van der Waals surface area contributed by atoms with Crippen LogP contribution in [0.25, 0.3) is 0 Å². The lowest BCUT2D eigenvalue weighted by atomic mass is 10.00. The highest BCUT2D eigenvalue weighted by atomic mass is 35.5. The van der Waals surface area contributed by atoms with Gasteiger partial charge in [0.15, 0.2) is 5.78 Å². The van der Waals surface area contributed by atoms with E-state index in [0.717, 1.165) is 11.1 Å². The second-order valence-electron chi connectivity index (χ2n) is 8.52. The molecule has 3 amide bonds. The van der Waals surface area contributed by atoms with Crippen molar-refractivity contribution in [1.29, 1.82) is 0 Å². The number of hydrogen-bond acceptors (Lipinski definition) is 5. The molecule has 2 rings (SSSR count). The number of Topliss-reactive ketones (excluding diaryl/α,β-unsaturated/α-hetero) is 1. The van der Waals surface area contributed by atoms with E-state index in [1.54, 1.807) is 0 Å². The molecule has 2 atom stereocenters. The topological polar surface area (TPSA) is 114 Å². The average molecular weight is 502 g/mol. The number of carbonyl (C=O) groups is 4. The Kier molecular flexibility index (Phi) is 11.8. The molecule has 0 spiro atoms. The van der Waals surface area contributed by atoms with Gasteiger partial charge in [-0.15, -0.1) is 11.6 Å². The summed E-state index contributed by atoms with van der Waals surface area (Å²) in [4.78, 5) is 49.7. The molecular weight excluding hydrogens is 470 g/mol. The number of nitrogens with one attached hydrogen (secondary N) is 3. The van der Waals surface area contributed by atoms with Crippen LogP contribution in [0, 0.1) is 5.92 Å². The summed E-state index contributed by atoms with van der Waals surface area (Å²) in [5, 5.41) is 7.74. The van der Waals surface area contributed by atoms with Gasteiger partial charge >= 0.3 is 6.09 Å². The van der Waals surface area contributed by atoms with Gasteiger partial charge in [0.05, 0.1) is 11.9 Å². The zero-order chi connectivity index (χ0) is 25.6. The SMILES string of the molecule is CC(C)C[C@H](NC(=O)CNC(=O)OCc1ccccc1)C(=O)N[C@H](Cc1ccccc1)C(=O)CCl. The number of rotatable bonds is 13. The van der Waals surface area contributed by atoms with Gasteiger partial charge in [-0.1, -0.05) is 74.5 Å². The quantitative estimate of drug-likeness (QED) is 0.365. The van der Waals surface area contributed by atoms with Crippen LogP contribution in [0.15, 0.2) is 60.7 Å². The molecule has 0 aromatic heterocycles. The summed E-state index contributed by atoms with van der Waals surface area (Å²) < 4.78 is 5.08. The number of ether oxygens (including phenoxy) is 1. The van der Waals surface area contributed by atoms with Crippen LogP contribution in [0.3, 0.4) is 0 Å². The molecule has 0 fully saturated rings. The van der Waals surface area contributed by atoms with Crippen LogP contribution >= 0.6 is 11.6 Å². The second kappa shape index (κ2) is 14.8. The van der Waals surface area contributed by atoms with Crippen molar-refractivity contribution in [1.82, 2.24) is 16.0 Å². The summed E-state index contributed by atoms with van der Waals surface area (Å²) in [7, 11) is 0. The zero-order valence-corrected chi connectivity index (χ0v) is 20.7. The summed E-state index contributed by atoms with van der Waals surface area (Å²) in [6.07, 6.45) is -0.108. The van der Waals surface area contributed by atoms with E-state index in [1.165, 1.54) is 0 Å². The number of benzene rings is 2. The molecule has 0 bridgehead atoms. The lowest BCUT2D eigenvalue weighted by Crippen LogP contribution is -2.54. The minimum absolute atomic E-state index is 0.0735. The Morgan fingerprint density at radius 3 is 2.03 bits per heavy atom. The van der Waals surface area contributed by atoms with E-state index in [2.05, 4.69) is 16.0 Å². The van der Waals surface area contributed by atoms with Crippen LogP contribution < -0.4 is 16.0 Å². The summed E-state index contributed by atoms with van der Waals surface area (Å²) in [5.74, 6) is -1.51. The van der Waals surface area contributed by atoms with Gasteiger partial charge in [-0.25, -0.2) is 4.79 Å². The van der Waals surface area contributed by atoms with Crippen molar-refractivity contribution in [2.75, 3.05) is 12.4 Å². The normalized spacial score (nSPS) is 12.3. The number of alkyl halides is 1. The molecular formula is C26H32ClN3O5. The molecule has 9 heteroatoms. The molecule has 0 saturated carbocycles. The first kappa shape index (κ1) is 27.9. The Labute approximate surface area is 210 Å². The van der Waals surface area contributed by atoms with Crippen LogP contribution in [0.5, 0.6) is 0 Å². The predicted molar refractivity (Wildman–Crippen MR) is 134 cm³/mol. The van der Waals surface area contributed by atoms with Crippen LogP contribution in [-0.4, -0.2) is 48.2 Å². The summed E-state index contributed by atoms with van der Waals surface area (Å²) in [6.45, 7) is 3.54. The summed E-state index contributed by atoms with van der Waals surface area (Å²) in [6, 6.07) is 16.7. The average Bonchev–Trinajstić information content (AvgIpc) is 2.85. The fourth-order valence-corrected chi connectivity index (χ4v) is 3.52. The van der Waals surface area contributed by atoms with Crippen molar-refractivity contribution in [2.45, 2.75) is 45.4 Å². The minimum Gasteiger partial charge on any atom is -0.445 e. The second-order valence-corrected chi connectivity index (χ2v) is 8.78. The van der Waals surface area contributed by atoms with E-state index in [-0.39, 0.29) is 37.2 Å². The van der Waals surface area contributed by atoms with Gasteiger partial charge in [0.1, 0.15) is 19.2 Å². The summed E-state index contributed by atoms with van der Waals surface area (Å²) in [5.41, 5.74) is 1.69. The third kappa shape index (κ3) is 10.6. The minimum atomic E-state index is -0.883. The van der Waals surface area contributed by atoms with Crippen molar-refractivity contribution in [2.24, 2.45) is 5.92 Å². The van der Waals surface area contributed by atoms with Crippen LogP contribution in [0.4, 0.5) is 4.79 Å². The van der Waals surface area contributed by atoms with Gasteiger partial charge in [-0.05, 0) is 29.9 Å².